The van der Waals surface area contributed by atoms with E-state index >= 15 is 0 Å². The summed E-state index contributed by atoms with van der Waals surface area (Å²) in [5, 5.41) is 3.48. The van der Waals surface area contributed by atoms with Crippen LogP contribution in [0.5, 0.6) is 0 Å². The fourth-order valence-corrected chi connectivity index (χ4v) is 3.68. The lowest BCUT2D eigenvalue weighted by molar-refractivity contribution is 0.173. The molecule has 1 aromatic rings. The van der Waals surface area contributed by atoms with Gasteiger partial charge in [0, 0.05) is 4.47 Å². The zero-order valence-electron chi connectivity index (χ0n) is 9.56. The van der Waals surface area contributed by atoms with Crippen LogP contribution in [0, 0.1) is 5.41 Å². The van der Waals surface area contributed by atoms with E-state index in [-0.39, 0.29) is 0 Å². The number of nitrogens with one attached hydrogen (secondary N) is 1. The lowest BCUT2D eigenvalue weighted by Crippen LogP contribution is -2.40. The van der Waals surface area contributed by atoms with Crippen LogP contribution in [0.25, 0.3) is 0 Å². The van der Waals surface area contributed by atoms with Crippen molar-refractivity contribution in [3.05, 3.63) is 33.8 Å². The van der Waals surface area contributed by atoms with E-state index in [1.54, 1.807) is 11.1 Å². The number of hydrogen-bond donors (Lipinski definition) is 1. The van der Waals surface area contributed by atoms with Gasteiger partial charge in [-0.2, -0.15) is 0 Å². The van der Waals surface area contributed by atoms with Crippen molar-refractivity contribution in [1.82, 2.24) is 5.32 Å². The van der Waals surface area contributed by atoms with Crippen molar-refractivity contribution in [3.8, 4) is 0 Å². The first kappa shape index (κ1) is 10.8. The summed E-state index contributed by atoms with van der Waals surface area (Å²) >= 11 is 3.57. The van der Waals surface area contributed by atoms with Crippen LogP contribution in [0.2, 0.25) is 0 Å². The first-order chi connectivity index (χ1) is 7.77. The van der Waals surface area contributed by atoms with E-state index in [1.807, 2.05) is 0 Å². The molecule has 1 aliphatic carbocycles. The summed E-state index contributed by atoms with van der Waals surface area (Å²) in [4.78, 5) is 0. The van der Waals surface area contributed by atoms with Crippen LogP contribution >= 0.6 is 15.9 Å². The lowest BCUT2D eigenvalue weighted by Gasteiger charge is -2.41. The van der Waals surface area contributed by atoms with Crippen molar-refractivity contribution in [2.45, 2.75) is 32.1 Å². The Morgan fingerprint density at radius 2 is 1.88 bits per heavy atom. The maximum Gasteiger partial charge on any atom is 0.0178 e. The fraction of sp³-hybridized carbons (Fsp3) is 0.571. The molecule has 3 rings (SSSR count). The SMILES string of the molecule is Brc1ccc2c(c1)CCC1(CCNCC1)C2. The Kier molecular flexibility index (Phi) is 2.80. The minimum Gasteiger partial charge on any atom is -0.317 e. The van der Waals surface area contributed by atoms with E-state index in [0.29, 0.717) is 5.41 Å². The Morgan fingerprint density at radius 3 is 2.69 bits per heavy atom. The summed E-state index contributed by atoms with van der Waals surface area (Å²) in [5.74, 6) is 0. The summed E-state index contributed by atoms with van der Waals surface area (Å²) in [5.41, 5.74) is 3.78. The number of benzene rings is 1. The summed E-state index contributed by atoms with van der Waals surface area (Å²) < 4.78 is 1.23. The molecule has 1 aromatic carbocycles. The third kappa shape index (κ3) is 1.93. The topological polar surface area (TPSA) is 12.0 Å². The molecule has 0 unspecified atom stereocenters. The quantitative estimate of drug-likeness (QED) is 0.769. The van der Waals surface area contributed by atoms with Gasteiger partial charge in [0.05, 0.1) is 0 Å². The molecule has 0 saturated carbocycles. The van der Waals surface area contributed by atoms with Crippen molar-refractivity contribution in [3.63, 3.8) is 0 Å². The van der Waals surface area contributed by atoms with Crippen LogP contribution in [0.4, 0.5) is 0 Å². The van der Waals surface area contributed by atoms with Gasteiger partial charge in [0.2, 0.25) is 0 Å². The minimum absolute atomic E-state index is 0.617. The average Bonchev–Trinajstić information content (AvgIpc) is 2.31. The molecule has 1 fully saturated rings. The first-order valence-corrected chi connectivity index (χ1v) is 7.05. The highest BCUT2D eigenvalue weighted by molar-refractivity contribution is 9.10. The molecule has 86 valence electrons. The second-order valence-corrected chi connectivity index (χ2v) is 6.26. The molecule has 16 heavy (non-hydrogen) atoms. The standard InChI is InChI=1S/C14H18BrN/c15-13-2-1-12-10-14(4-3-11(12)9-13)5-7-16-8-6-14/h1-2,9,16H,3-8,10H2. The van der Waals surface area contributed by atoms with Crippen LogP contribution in [0.1, 0.15) is 30.4 Å². The molecular weight excluding hydrogens is 262 g/mol. The van der Waals surface area contributed by atoms with Crippen LogP contribution < -0.4 is 5.32 Å². The molecule has 0 amide bonds. The molecule has 0 aromatic heterocycles. The normalized spacial score (nSPS) is 23.1. The Balaban J connectivity index is 1.88. The van der Waals surface area contributed by atoms with Crippen molar-refractivity contribution >= 4 is 15.9 Å². The Morgan fingerprint density at radius 1 is 1.06 bits per heavy atom. The molecule has 1 heterocycles. The van der Waals surface area contributed by atoms with Gasteiger partial charge in [-0.1, -0.05) is 22.0 Å². The maximum atomic E-state index is 3.57. The number of piperidine rings is 1. The van der Waals surface area contributed by atoms with Gasteiger partial charge in [0.1, 0.15) is 0 Å². The lowest BCUT2D eigenvalue weighted by atomic mass is 9.66. The fourth-order valence-electron chi connectivity index (χ4n) is 3.28. The Hall–Kier alpha value is -0.340. The first-order valence-electron chi connectivity index (χ1n) is 6.26. The molecule has 2 aliphatic rings. The summed E-state index contributed by atoms with van der Waals surface area (Å²) in [6.07, 6.45) is 6.69. The van der Waals surface area contributed by atoms with E-state index in [4.69, 9.17) is 0 Å². The Bertz CT molecular complexity index is 394. The predicted molar refractivity (Wildman–Crippen MR) is 70.7 cm³/mol. The third-order valence-electron chi connectivity index (χ3n) is 4.32. The van der Waals surface area contributed by atoms with Gasteiger partial charge >= 0.3 is 0 Å². The highest BCUT2D eigenvalue weighted by atomic mass is 79.9. The second kappa shape index (κ2) is 4.15. The van der Waals surface area contributed by atoms with Crippen LogP contribution in [-0.4, -0.2) is 13.1 Å². The zero-order valence-corrected chi connectivity index (χ0v) is 11.1. The van der Waals surface area contributed by atoms with Gasteiger partial charge in [-0.05, 0) is 73.9 Å². The molecule has 0 radical (unpaired) electrons. The average molecular weight is 280 g/mol. The van der Waals surface area contributed by atoms with Gasteiger partial charge < -0.3 is 5.32 Å². The monoisotopic (exact) mass is 279 g/mol. The number of rotatable bonds is 0. The van der Waals surface area contributed by atoms with Gasteiger partial charge in [0.25, 0.3) is 0 Å². The Labute approximate surface area is 106 Å². The molecule has 1 N–H and O–H groups in total. The van der Waals surface area contributed by atoms with Crippen molar-refractivity contribution in [2.75, 3.05) is 13.1 Å². The van der Waals surface area contributed by atoms with Crippen LogP contribution in [-0.2, 0) is 12.8 Å². The molecule has 2 heteroatoms. The molecule has 1 nitrogen and oxygen atoms in total. The molecule has 1 aliphatic heterocycles. The third-order valence-corrected chi connectivity index (χ3v) is 4.82. The van der Waals surface area contributed by atoms with E-state index in [0.717, 1.165) is 0 Å². The molecular formula is C14H18BrN. The summed E-state index contributed by atoms with van der Waals surface area (Å²) in [7, 11) is 0. The zero-order chi connectivity index (χ0) is 11.0. The van der Waals surface area contributed by atoms with E-state index < -0.39 is 0 Å². The van der Waals surface area contributed by atoms with Crippen molar-refractivity contribution in [2.24, 2.45) is 5.41 Å². The van der Waals surface area contributed by atoms with E-state index in [9.17, 15) is 0 Å². The van der Waals surface area contributed by atoms with Crippen LogP contribution in [0.15, 0.2) is 22.7 Å². The highest BCUT2D eigenvalue weighted by Gasteiger charge is 2.35. The van der Waals surface area contributed by atoms with Crippen molar-refractivity contribution < 1.29 is 0 Å². The van der Waals surface area contributed by atoms with Gasteiger partial charge in [-0.3, -0.25) is 0 Å². The largest absolute Gasteiger partial charge is 0.317 e. The highest BCUT2D eigenvalue weighted by Crippen LogP contribution is 2.42. The molecule has 0 atom stereocenters. The molecule has 0 bridgehead atoms. The van der Waals surface area contributed by atoms with Gasteiger partial charge in [0.15, 0.2) is 0 Å². The minimum atomic E-state index is 0.617. The molecule has 1 saturated heterocycles. The van der Waals surface area contributed by atoms with Gasteiger partial charge in [-0.15, -0.1) is 0 Å². The van der Waals surface area contributed by atoms with E-state index in [2.05, 4.69) is 39.4 Å². The number of halogens is 1. The molecule has 1 spiro atoms. The van der Waals surface area contributed by atoms with Gasteiger partial charge in [-0.25, -0.2) is 0 Å². The number of aryl methyl sites for hydroxylation is 1. The predicted octanol–water partition coefficient (Wildman–Crippen LogP) is 3.31. The maximum absolute atomic E-state index is 3.57. The van der Waals surface area contributed by atoms with E-state index in [1.165, 1.54) is 49.7 Å². The smallest absolute Gasteiger partial charge is 0.0178 e. The second-order valence-electron chi connectivity index (χ2n) is 5.34. The van der Waals surface area contributed by atoms with Crippen molar-refractivity contribution in [1.29, 1.82) is 0 Å². The summed E-state index contributed by atoms with van der Waals surface area (Å²) in [6, 6.07) is 6.82. The number of fused-ring (bicyclic) bond motifs is 1. The number of hydrogen-bond acceptors (Lipinski definition) is 1. The summed E-state index contributed by atoms with van der Waals surface area (Å²) in [6.45, 7) is 2.43. The van der Waals surface area contributed by atoms with Crippen LogP contribution in [0.3, 0.4) is 0 Å².